The quantitative estimate of drug-likeness (QED) is 0.426. The van der Waals surface area contributed by atoms with Gasteiger partial charge in [-0.3, -0.25) is 14.5 Å². The second-order valence-electron chi connectivity index (χ2n) is 10.5. The molecule has 1 aliphatic heterocycles. The molecule has 1 N–H and O–H groups in total. The van der Waals surface area contributed by atoms with Crippen molar-refractivity contribution >= 4 is 27.3 Å². The summed E-state index contributed by atoms with van der Waals surface area (Å²) in [5, 5.41) is 18.4. The third-order valence-electron chi connectivity index (χ3n) is 7.27. The lowest BCUT2D eigenvalue weighted by Crippen LogP contribution is -2.33. The first-order valence-electron chi connectivity index (χ1n) is 12.6. The molecular weight excluding hydrogens is 510 g/mol. The van der Waals surface area contributed by atoms with Crippen molar-refractivity contribution in [1.82, 2.24) is 24.3 Å². The van der Waals surface area contributed by atoms with E-state index in [0.29, 0.717) is 31.5 Å². The summed E-state index contributed by atoms with van der Waals surface area (Å²) in [6.45, 7) is 10.9. The van der Waals surface area contributed by atoms with Gasteiger partial charge in [-0.2, -0.15) is 4.31 Å². The molecule has 0 aliphatic carbocycles. The predicted octanol–water partition coefficient (Wildman–Crippen LogP) is 4.27. The lowest BCUT2D eigenvalue weighted by Gasteiger charge is -2.29. The van der Waals surface area contributed by atoms with E-state index in [1.165, 1.54) is 0 Å². The summed E-state index contributed by atoms with van der Waals surface area (Å²) in [7, 11) is -3.70. The summed E-state index contributed by atoms with van der Waals surface area (Å²) in [5.74, 6) is -1.01. The van der Waals surface area contributed by atoms with E-state index < -0.39 is 21.4 Å². The first-order chi connectivity index (χ1) is 17.4. The second-order valence-corrected chi connectivity index (χ2v) is 13.7. The van der Waals surface area contributed by atoms with Gasteiger partial charge in [-0.05, 0) is 76.6 Å². The van der Waals surface area contributed by atoms with Crippen molar-refractivity contribution in [3.63, 3.8) is 0 Å². The molecular formula is C26H35N5O4S2. The number of hydrogen-bond acceptors (Lipinski definition) is 7. The number of sulfonamides is 1. The molecule has 4 heterocycles. The fourth-order valence-corrected chi connectivity index (χ4v) is 8.00. The minimum atomic E-state index is -3.70. The molecule has 0 radical (unpaired) electrons. The molecule has 2 atom stereocenters. The van der Waals surface area contributed by atoms with Crippen LogP contribution in [0.1, 0.15) is 66.7 Å². The lowest BCUT2D eigenvalue weighted by molar-refractivity contribution is -0.148. The molecule has 0 unspecified atom stereocenters. The van der Waals surface area contributed by atoms with Crippen molar-refractivity contribution < 1.29 is 18.3 Å². The van der Waals surface area contributed by atoms with Gasteiger partial charge in [0.1, 0.15) is 4.90 Å². The maximum atomic E-state index is 13.6. The molecule has 37 heavy (non-hydrogen) atoms. The Morgan fingerprint density at radius 2 is 2.11 bits per heavy atom. The van der Waals surface area contributed by atoms with E-state index in [0.717, 1.165) is 27.6 Å². The van der Waals surface area contributed by atoms with Crippen LogP contribution >= 0.6 is 11.3 Å². The standard InChI is InChI=1S/C26H35N5O4S2/c1-6-30-16-20(28-29-30)9-10-21(26(4,5)25(32)33)23-13-19(18(3)36-23)15-31-14-17(2)12-22-24(37(31,34)35)8-7-11-27-22/h7-8,11,13,16-17,21H,6,9-10,12,14-15H2,1-5H3,(H,32,33)/t17-,21-/m0/s1. The van der Waals surface area contributed by atoms with Crippen molar-refractivity contribution in [2.45, 2.75) is 77.8 Å². The smallest absolute Gasteiger partial charge is 0.309 e. The van der Waals surface area contributed by atoms with Gasteiger partial charge < -0.3 is 5.11 Å². The van der Waals surface area contributed by atoms with Crippen LogP contribution in [0.2, 0.25) is 0 Å². The number of aromatic nitrogens is 4. The van der Waals surface area contributed by atoms with Crippen LogP contribution in [0.3, 0.4) is 0 Å². The summed E-state index contributed by atoms with van der Waals surface area (Å²) < 4.78 is 30.4. The Morgan fingerprint density at radius 1 is 1.35 bits per heavy atom. The summed E-state index contributed by atoms with van der Waals surface area (Å²) >= 11 is 1.55. The monoisotopic (exact) mass is 545 g/mol. The number of pyridine rings is 1. The number of nitrogens with zero attached hydrogens (tertiary/aromatic N) is 5. The molecule has 0 saturated heterocycles. The number of carboxylic acids is 1. The van der Waals surface area contributed by atoms with E-state index in [2.05, 4.69) is 15.3 Å². The molecule has 11 heteroatoms. The molecule has 200 valence electrons. The van der Waals surface area contributed by atoms with Crippen LogP contribution < -0.4 is 0 Å². The summed E-state index contributed by atoms with van der Waals surface area (Å²) in [4.78, 5) is 18.8. The van der Waals surface area contributed by atoms with Crippen molar-refractivity contribution in [2.75, 3.05) is 6.54 Å². The Balaban J connectivity index is 1.63. The van der Waals surface area contributed by atoms with Crippen molar-refractivity contribution in [1.29, 1.82) is 0 Å². The molecule has 3 aromatic rings. The van der Waals surface area contributed by atoms with Gasteiger partial charge >= 0.3 is 5.97 Å². The Labute approximate surface area is 222 Å². The molecule has 0 amide bonds. The predicted molar refractivity (Wildman–Crippen MR) is 142 cm³/mol. The van der Waals surface area contributed by atoms with E-state index in [1.807, 2.05) is 33.0 Å². The Kier molecular flexibility index (Phi) is 7.87. The van der Waals surface area contributed by atoms with Crippen molar-refractivity contribution in [3.05, 3.63) is 57.3 Å². The number of thiophene rings is 1. The normalized spacial score (nSPS) is 18.8. The zero-order valence-electron chi connectivity index (χ0n) is 22.0. The zero-order chi connectivity index (χ0) is 27.0. The number of carboxylic acid groups (broad SMARTS) is 1. The number of hydrogen-bond donors (Lipinski definition) is 1. The average Bonchev–Trinajstić information content (AvgIpc) is 3.42. The highest BCUT2D eigenvalue weighted by Gasteiger charge is 2.39. The van der Waals surface area contributed by atoms with Crippen LogP contribution in [-0.4, -0.2) is 50.3 Å². The maximum absolute atomic E-state index is 13.6. The van der Waals surface area contributed by atoms with E-state index >= 15 is 0 Å². The van der Waals surface area contributed by atoms with Crippen LogP contribution in [0.15, 0.2) is 35.5 Å². The van der Waals surface area contributed by atoms with Crippen molar-refractivity contribution in [2.24, 2.45) is 11.3 Å². The van der Waals surface area contributed by atoms with E-state index in [9.17, 15) is 18.3 Å². The number of rotatable bonds is 9. The minimum absolute atomic E-state index is 0.125. The van der Waals surface area contributed by atoms with Gasteiger partial charge in [-0.15, -0.1) is 16.4 Å². The third kappa shape index (κ3) is 5.63. The molecule has 9 nitrogen and oxygen atoms in total. The Hall–Kier alpha value is -2.63. The van der Waals surface area contributed by atoms with E-state index in [1.54, 1.807) is 52.5 Å². The number of aryl methyl sites for hydroxylation is 3. The molecule has 0 saturated carbocycles. The van der Waals surface area contributed by atoms with Crippen LogP contribution in [0, 0.1) is 18.3 Å². The highest BCUT2D eigenvalue weighted by molar-refractivity contribution is 7.89. The topological polar surface area (TPSA) is 118 Å². The molecule has 3 aromatic heterocycles. The summed E-state index contributed by atoms with van der Waals surface area (Å²) in [6, 6.07) is 5.30. The van der Waals surface area contributed by atoms with Gasteiger partial charge in [0.15, 0.2) is 0 Å². The van der Waals surface area contributed by atoms with Crippen LogP contribution in [0.4, 0.5) is 0 Å². The number of carbonyl (C=O) groups is 1. The van der Waals surface area contributed by atoms with E-state index in [4.69, 9.17) is 0 Å². The molecule has 1 aliphatic rings. The highest BCUT2D eigenvalue weighted by Crippen LogP contribution is 2.43. The first kappa shape index (κ1) is 27.4. The van der Waals surface area contributed by atoms with Gasteiger partial charge in [-0.25, -0.2) is 8.42 Å². The lowest BCUT2D eigenvalue weighted by atomic mass is 9.75. The van der Waals surface area contributed by atoms with Gasteiger partial charge in [0, 0.05) is 47.7 Å². The minimum Gasteiger partial charge on any atom is -0.481 e. The van der Waals surface area contributed by atoms with Gasteiger partial charge in [0.05, 0.1) is 16.8 Å². The molecule has 4 rings (SSSR count). The number of aliphatic carboxylic acids is 1. The van der Waals surface area contributed by atoms with Gasteiger partial charge in [0.25, 0.3) is 0 Å². The highest BCUT2D eigenvalue weighted by atomic mass is 32.2. The fraction of sp³-hybridized carbons (Fsp3) is 0.538. The average molecular weight is 546 g/mol. The largest absolute Gasteiger partial charge is 0.481 e. The molecule has 0 fully saturated rings. The molecule has 0 bridgehead atoms. The van der Waals surface area contributed by atoms with Gasteiger partial charge in [-0.1, -0.05) is 12.1 Å². The van der Waals surface area contributed by atoms with Crippen LogP contribution in [0.5, 0.6) is 0 Å². The third-order valence-corrected chi connectivity index (χ3v) is 10.4. The zero-order valence-corrected chi connectivity index (χ0v) is 23.6. The van der Waals surface area contributed by atoms with Crippen LogP contribution in [-0.2, 0) is 40.7 Å². The van der Waals surface area contributed by atoms with Crippen LogP contribution in [0.25, 0.3) is 0 Å². The van der Waals surface area contributed by atoms with E-state index in [-0.39, 0.29) is 23.3 Å². The van der Waals surface area contributed by atoms with Crippen molar-refractivity contribution in [3.8, 4) is 0 Å². The second kappa shape index (κ2) is 10.6. The molecule has 0 aromatic carbocycles. The fourth-order valence-electron chi connectivity index (χ4n) is 4.91. The maximum Gasteiger partial charge on any atom is 0.309 e. The molecule has 0 spiro atoms. The summed E-state index contributed by atoms with van der Waals surface area (Å²) in [6.07, 6.45) is 5.35. The first-order valence-corrected chi connectivity index (χ1v) is 14.8. The Bertz CT molecular complexity index is 1380. The van der Waals surface area contributed by atoms with Gasteiger partial charge in [0.2, 0.25) is 10.0 Å². The number of fused-ring (bicyclic) bond motifs is 1. The summed E-state index contributed by atoms with van der Waals surface area (Å²) in [5.41, 5.74) is 1.34. The Morgan fingerprint density at radius 3 is 2.78 bits per heavy atom. The SMILES string of the molecule is CCn1cc(CC[C@@H](c2cc(CN3C[C@@H](C)Cc4ncccc4S3(=O)=O)c(C)s2)C(C)(C)C(=O)O)nn1.